The Labute approximate surface area is 164 Å². The van der Waals surface area contributed by atoms with Gasteiger partial charge in [-0.2, -0.15) is 13.2 Å². The summed E-state index contributed by atoms with van der Waals surface area (Å²) < 4.78 is 42.3. The van der Waals surface area contributed by atoms with Gasteiger partial charge in [-0.15, -0.1) is 11.3 Å². The molecule has 0 spiro atoms. The van der Waals surface area contributed by atoms with Gasteiger partial charge in [0, 0.05) is 29.4 Å². The van der Waals surface area contributed by atoms with Crippen LogP contribution in [0.2, 0.25) is 0 Å². The standard InChI is InChI=1S/C19H19F3N2O3S/c1-11-9-10-13(28-11)15-14(16(25)12-7-5-4-6-8-12)18(27,19(20,21)22)24(3)17(26)23(15)2/h4-10,14-15,27H,1-3H3. The molecule has 0 bridgehead atoms. The summed E-state index contributed by atoms with van der Waals surface area (Å²) in [5.41, 5.74) is -3.61. The number of rotatable bonds is 3. The van der Waals surface area contributed by atoms with Crippen molar-refractivity contribution in [3.8, 4) is 0 Å². The summed E-state index contributed by atoms with van der Waals surface area (Å²) >= 11 is 1.19. The number of hydrogen-bond donors (Lipinski definition) is 1. The lowest BCUT2D eigenvalue weighted by Gasteiger charge is -2.52. The van der Waals surface area contributed by atoms with E-state index < -0.39 is 35.7 Å². The molecule has 150 valence electrons. The van der Waals surface area contributed by atoms with Crippen molar-refractivity contribution in [3.63, 3.8) is 0 Å². The first-order chi connectivity index (χ1) is 13.0. The third-order valence-electron chi connectivity index (χ3n) is 5.08. The molecule has 5 nitrogen and oxygen atoms in total. The average molecular weight is 412 g/mol. The fraction of sp³-hybridized carbons (Fsp3) is 0.368. The average Bonchev–Trinajstić information content (AvgIpc) is 3.07. The smallest absolute Gasteiger partial charge is 0.363 e. The zero-order valence-electron chi connectivity index (χ0n) is 15.4. The maximum absolute atomic E-state index is 14.1. The van der Waals surface area contributed by atoms with E-state index in [0.29, 0.717) is 4.88 Å². The number of aliphatic hydroxyl groups is 1. The third kappa shape index (κ3) is 2.98. The number of hydrogen-bond acceptors (Lipinski definition) is 4. The number of urea groups is 1. The molecule has 1 fully saturated rings. The van der Waals surface area contributed by atoms with E-state index in [2.05, 4.69) is 0 Å². The fourth-order valence-corrected chi connectivity index (χ4v) is 4.65. The molecule has 1 aromatic carbocycles. The Bertz CT molecular complexity index is 899. The van der Waals surface area contributed by atoms with Gasteiger partial charge < -0.3 is 10.0 Å². The highest BCUT2D eigenvalue weighted by atomic mass is 32.1. The van der Waals surface area contributed by atoms with Crippen LogP contribution in [0, 0.1) is 12.8 Å². The normalized spacial score (nSPS) is 25.9. The number of thiophene rings is 1. The van der Waals surface area contributed by atoms with E-state index in [0.717, 1.165) is 16.8 Å². The number of carbonyl (C=O) groups is 2. The van der Waals surface area contributed by atoms with Crippen molar-refractivity contribution in [2.45, 2.75) is 24.9 Å². The fourth-order valence-electron chi connectivity index (χ4n) is 3.60. The van der Waals surface area contributed by atoms with Crippen LogP contribution < -0.4 is 0 Å². The van der Waals surface area contributed by atoms with E-state index in [1.807, 2.05) is 0 Å². The van der Waals surface area contributed by atoms with Crippen molar-refractivity contribution in [1.29, 1.82) is 0 Å². The van der Waals surface area contributed by atoms with Gasteiger partial charge in [0.2, 0.25) is 0 Å². The number of aryl methyl sites for hydroxylation is 1. The SMILES string of the molecule is Cc1ccc(C2C(C(=O)c3ccccc3)C(O)(C(F)(F)F)N(C)C(=O)N2C)s1. The molecule has 1 aliphatic heterocycles. The second kappa shape index (κ2) is 6.89. The van der Waals surface area contributed by atoms with Crippen LogP contribution in [-0.4, -0.2) is 52.7 Å². The maximum atomic E-state index is 14.1. The van der Waals surface area contributed by atoms with Crippen LogP contribution in [0.5, 0.6) is 0 Å². The van der Waals surface area contributed by atoms with E-state index in [1.165, 1.54) is 42.6 Å². The minimum absolute atomic E-state index is 0.0320. The number of halogens is 3. The van der Waals surface area contributed by atoms with Crippen LogP contribution in [0.4, 0.5) is 18.0 Å². The lowest BCUT2D eigenvalue weighted by molar-refractivity contribution is -0.328. The van der Waals surface area contributed by atoms with Gasteiger partial charge in [-0.25, -0.2) is 4.79 Å². The van der Waals surface area contributed by atoms with Gasteiger partial charge in [-0.05, 0) is 19.1 Å². The van der Waals surface area contributed by atoms with Gasteiger partial charge in [0.1, 0.15) is 5.92 Å². The number of carbonyl (C=O) groups excluding carboxylic acids is 2. The minimum Gasteiger partial charge on any atom is -0.363 e. The van der Waals surface area contributed by atoms with Gasteiger partial charge in [0.05, 0.1) is 6.04 Å². The number of benzene rings is 1. The van der Waals surface area contributed by atoms with Crippen molar-refractivity contribution in [3.05, 3.63) is 57.8 Å². The molecule has 1 N–H and O–H groups in total. The van der Waals surface area contributed by atoms with Crippen LogP contribution in [0.3, 0.4) is 0 Å². The van der Waals surface area contributed by atoms with Crippen molar-refractivity contribution >= 4 is 23.2 Å². The van der Waals surface area contributed by atoms with Crippen molar-refractivity contribution in [1.82, 2.24) is 9.80 Å². The molecular formula is C19H19F3N2O3S. The second-order valence-corrected chi connectivity index (χ2v) is 8.10. The molecule has 0 aliphatic carbocycles. The molecule has 1 saturated heterocycles. The van der Waals surface area contributed by atoms with Crippen LogP contribution >= 0.6 is 11.3 Å². The predicted octanol–water partition coefficient (Wildman–Crippen LogP) is 3.84. The molecule has 1 aromatic heterocycles. The zero-order chi connectivity index (χ0) is 20.9. The molecule has 0 saturated carbocycles. The minimum atomic E-state index is -5.24. The Morgan fingerprint density at radius 1 is 1.14 bits per heavy atom. The summed E-state index contributed by atoms with van der Waals surface area (Å²) in [5, 5.41) is 10.8. The van der Waals surface area contributed by atoms with Crippen molar-refractivity contribution in [2.75, 3.05) is 14.1 Å². The number of ketones is 1. The van der Waals surface area contributed by atoms with Crippen LogP contribution in [0.1, 0.15) is 26.2 Å². The highest BCUT2D eigenvalue weighted by molar-refractivity contribution is 7.12. The topological polar surface area (TPSA) is 60.9 Å². The number of alkyl halides is 3. The van der Waals surface area contributed by atoms with Crippen molar-refractivity contribution < 1.29 is 27.9 Å². The van der Waals surface area contributed by atoms with E-state index >= 15 is 0 Å². The summed E-state index contributed by atoms with van der Waals surface area (Å²) in [6, 6.07) is 8.50. The Morgan fingerprint density at radius 2 is 1.75 bits per heavy atom. The van der Waals surface area contributed by atoms with Crippen LogP contribution in [0.15, 0.2) is 42.5 Å². The van der Waals surface area contributed by atoms with Crippen molar-refractivity contribution in [2.24, 2.45) is 5.92 Å². The Hall–Kier alpha value is -2.39. The second-order valence-electron chi connectivity index (χ2n) is 6.78. The lowest BCUT2D eigenvalue weighted by Crippen LogP contribution is -2.72. The molecule has 9 heteroatoms. The molecule has 3 unspecified atom stereocenters. The number of Topliss-reactive ketones (excluding diaryl/α,β-unsaturated/α-hetero) is 1. The molecule has 28 heavy (non-hydrogen) atoms. The summed E-state index contributed by atoms with van der Waals surface area (Å²) in [5.74, 6) is -2.84. The maximum Gasteiger partial charge on any atom is 0.437 e. The van der Waals surface area contributed by atoms with E-state index in [1.54, 1.807) is 25.1 Å². The van der Waals surface area contributed by atoms with E-state index in [9.17, 15) is 27.9 Å². The largest absolute Gasteiger partial charge is 0.437 e. The number of nitrogens with zero attached hydrogens (tertiary/aromatic N) is 2. The molecule has 2 heterocycles. The van der Waals surface area contributed by atoms with Gasteiger partial charge in [0.15, 0.2) is 5.78 Å². The quantitative estimate of drug-likeness (QED) is 0.780. The first kappa shape index (κ1) is 20.3. The summed E-state index contributed by atoms with van der Waals surface area (Å²) in [6.45, 7) is 1.77. The zero-order valence-corrected chi connectivity index (χ0v) is 16.2. The Kier molecular flexibility index (Phi) is 5.01. The molecule has 0 radical (unpaired) electrons. The highest BCUT2D eigenvalue weighted by Gasteiger charge is 2.70. The Balaban J connectivity index is 2.26. The van der Waals surface area contributed by atoms with Gasteiger partial charge in [0.25, 0.3) is 5.72 Å². The number of amides is 2. The Morgan fingerprint density at radius 3 is 2.25 bits per heavy atom. The monoisotopic (exact) mass is 412 g/mol. The first-order valence-corrected chi connectivity index (χ1v) is 9.27. The molecule has 2 amide bonds. The summed E-state index contributed by atoms with van der Waals surface area (Å²) in [6.07, 6.45) is -5.24. The molecule has 2 aromatic rings. The predicted molar refractivity (Wildman–Crippen MR) is 98.0 cm³/mol. The van der Waals surface area contributed by atoms with E-state index in [4.69, 9.17) is 0 Å². The lowest BCUT2D eigenvalue weighted by atomic mass is 9.77. The summed E-state index contributed by atoms with van der Waals surface area (Å²) in [4.78, 5) is 28.3. The van der Waals surface area contributed by atoms with Gasteiger partial charge in [-0.1, -0.05) is 30.3 Å². The molecule has 1 aliphatic rings. The van der Waals surface area contributed by atoms with E-state index in [-0.39, 0.29) is 10.5 Å². The van der Waals surface area contributed by atoms with Crippen LogP contribution in [0.25, 0.3) is 0 Å². The first-order valence-electron chi connectivity index (χ1n) is 8.45. The van der Waals surface area contributed by atoms with Gasteiger partial charge >= 0.3 is 12.2 Å². The highest BCUT2D eigenvalue weighted by Crippen LogP contribution is 2.51. The molecule has 3 atom stereocenters. The molecular weight excluding hydrogens is 393 g/mol. The molecule has 3 rings (SSSR count). The third-order valence-corrected chi connectivity index (χ3v) is 6.15. The van der Waals surface area contributed by atoms with Crippen LogP contribution in [-0.2, 0) is 0 Å². The summed E-state index contributed by atoms with van der Waals surface area (Å²) in [7, 11) is 2.19. The van der Waals surface area contributed by atoms with Gasteiger partial charge in [-0.3, -0.25) is 9.69 Å².